The van der Waals surface area contributed by atoms with Crippen LogP contribution in [-0.2, 0) is 23.8 Å². The number of aromatic nitrogens is 6. The largest absolute Gasteiger partial charge is 0.497 e. The van der Waals surface area contributed by atoms with E-state index in [9.17, 15) is 0 Å². The number of benzene rings is 1. The van der Waals surface area contributed by atoms with E-state index in [0.717, 1.165) is 34.0 Å². The van der Waals surface area contributed by atoms with Crippen molar-refractivity contribution in [1.82, 2.24) is 29.5 Å². The first-order valence-corrected chi connectivity index (χ1v) is 9.58. The first-order valence-electron chi connectivity index (χ1n) is 9.58. The number of hydrogen-bond donors (Lipinski definition) is 0. The van der Waals surface area contributed by atoms with Gasteiger partial charge in [0.05, 0.1) is 24.2 Å². The summed E-state index contributed by atoms with van der Waals surface area (Å²) in [4.78, 5) is 9.18. The molecule has 9 nitrogen and oxygen atoms in total. The van der Waals surface area contributed by atoms with E-state index in [1.807, 2.05) is 50.0 Å². The molecule has 5 rings (SSSR count). The standard InChI is InChI=1S/C21H22N6O3/c1-21(2,29-5)20-23-19(30-25-20)18-16-8-12-10-26(3)24-17(12)14-9-13(28-4)6-7-15(14)27(16)11-22-18/h6-7,9-11H,8H2,1-5H3. The average Bonchev–Trinajstić information content (AvgIpc) is 3.45. The van der Waals surface area contributed by atoms with Gasteiger partial charge in [-0.1, -0.05) is 5.16 Å². The lowest BCUT2D eigenvalue weighted by molar-refractivity contribution is 0.00973. The van der Waals surface area contributed by atoms with Gasteiger partial charge in [0.2, 0.25) is 5.82 Å². The first-order chi connectivity index (χ1) is 14.4. The Morgan fingerprint density at radius 1 is 1.17 bits per heavy atom. The van der Waals surface area contributed by atoms with Crippen LogP contribution in [0.3, 0.4) is 0 Å². The van der Waals surface area contributed by atoms with Gasteiger partial charge in [0.25, 0.3) is 5.89 Å². The van der Waals surface area contributed by atoms with E-state index in [0.29, 0.717) is 23.8 Å². The summed E-state index contributed by atoms with van der Waals surface area (Å²) in [6.45, 7) is 3.78. The van der Waals surface area contributed by atoms with Gasteiger partial charge in [-0.05, 0) is 32.0 Å². The lowest BCUT2D eigenvalue weighted by Gasteiger charge is -2.17. The normalized spacial score (nSPS) is 12.8. The molecule has 1 aliphatic heterocycles. The monoisotopic (exact) mass is 406 g/mol. The lowest BCUT2D eigenvalue weighted by Crippen LogP contribution is -2.21. The third kappa shape index (κ3) is 2.73. The Labute approximate surface area is 173 Å². The van der Waals surface area contributed by atoms with Crippen molar-refractivity contribution in [2.75, 3.05) is 14.2 Å². The molecule has 154 valence electrons. The lowest BCUT2D eigenvalue weighted by atomic mass is 10.0. The highest BCUT2D eigenvalue weighted by molar-refractivity contribution is 5.77. The number of fused-ring (bicyclic) bond motifs is 5. The number of methoxy groups -OCH3 is 2. The molecule has 30 heavy (non-hydrogen) atoms. The van der Waals surface area contributed by atoms with E-state index in [1.54, 1.807) is 20.5 Å². The number of nitrogens with zero attached hydrogens (tertiary/aromatic N) is 6. The SMILES string of the molecule is COc1ccc2c(c1)-c1nn(C)cc1Cc1c(-c3nc(C(C)(C)OC)no3)ncn1-2. The molecule has 4 heterocycles. The molecule has 0 atom stereocenters. The van der Waals surface area contributed by atoms with Crippen molar-refractivity contribution in [3.8, 4) is 34.3 Å². The summed E-state index contributed by atoms with van der Waals surface area (Å²) in [5.41, 5.74) is 4.92. The van der Waals surface area contributed by atoms with E-state index in [1.165, 1.54) is 0 Å². The summed E-state index contributed by atoms with van der Waals surface area (Å²) in [6.07, 6.45) is 4.44. The molecular weight excluding hydrogens is 384 g/mol. The fraction of sp³-hybridized carbons (Fsp3) is 0.333. The smallest absolute Gasteiger partial charge is 0.278 e. The number of ether oxygens (including phenoxy) is 2. The molecule has 0 fully saturated rings. The van der Waals surface area contributed by atoms with Gasteiger partial charge in [0.1, 0.15) is 17.7 Å². The quantitative estimate of drug-likeness (QED) is 0.453. The Bertz CT molecular complexity index is 1250. The fourth-order valence-electron chi connectivity index (χ4n) is 3.70. The second-order valence-electron chi connectivity index (χ2n) is 7.78. The van der Waals surface area contributed by atoms with Crippen molar-refractivity contribution in [3.63, 3.8) is 0 Å². The molecule has 1 aromatic carbocycles. The Hall–Kier alpha value is -3.46. The van der Waals surface area contributed by atoms with E-state index in [2.05, 4.69) is 19.7 Å². The Balaban J connectivity index is 1.70. The zero-order valence-electron chi connectivity index (χ0n) is 17.5. The highest BCUT2D eigenvalue weighted by atomic mass is 16.5. The van der Waals surface area contributed by atoms with Gasteiger partial charge in [0.15, 0.2) is 5.69 Å². The Kier molecular flexibility index (Phi) is 4.04. The van der Waals surface area contributed by atoms with Crippen LogP contribution in [0.25, 0.3) is 28.5 Å². The summed E-state index contributed by atoms with van der Waals surface area (Å²) in [7, 11) is 5.20. The van der Waals surface area contributed by atoms with Crippen LogP contribution in [0.15, 0.2) is 35.2 Å². The van der Waals surface area contributed by atoms with Crippen LogP contribution in [0.1, 0.15) is 30.9 Å². The molecule has 0 radical (unpaired) electrons. The maximum Gasteiger partial charge on any atom is 0.278 e. The predicted molar refractivity (Wildman–Crippen MR) is 108 cm³/mol. The summed E-state index contributed by atoms with van der Waals surface area (Å²) in [5, 5.41) is 8.81. The number of hydrogen-bond acceptors (Lipinski definition) is 7. The van der Waals surface area contributed by atoms with Gasteiger partial charge >= 0.3 is 0 Å². The molecule has 0 unspecified atom stereocenters. The molecule has 0 saturated heterocycles. The maximum absolute atomic E-state index is 5.56. The number of aryl methyl sites for hydroxylation is 1. The van der Waals surface area contributed by atoms with Crippen molar-refractivity contribution in [2.24, 2.45) is 7.05 Å². The molecule has 0 N–H and O–H groups in total. The number of rotatable bonds is 4. The molecule has 1 aliphatic rings. The molecule has 9 heteroatoms. The van der Waals surface area contributed by atoms with Crippen molar-refractivity contribution in [2.45, 2.75) is 25.9 Å². The minimum atomic E-state index is -0.655. The van der Waals surface area contributed by atoms with Gasteiger partial charge in [-0.15, -0.1) is 0 Å². The van der Waals surface area contributed by atoms with Gasteiger partial charge in [-0.2, -0.15) is 10.1 Å². The van der Waals surface area contributed by atoms with E-state index >= 15 is 0 Å². The molecule has 0 spiro atoms. The van der Waals surface area contributed by atoms with Crippen LogP contribution in [0.2, 0.25) is 0 Å². The van der Waals surface area contributed by atoms with Gasteiger partial charge in [0, 0.05) is 37.9 Å². The molecule has 0 saturated carbocycles. The molecule has 3 aromatic heterocycles. The third-order valence-corrected chi connectivity index (χ3v) is 5.52. The van der Waals surface area contributed by atoms with E-state index < -0.39 is 5.60 Å². The molecule has 4 aromatic rings. The fourth-order valence-corrected chi connectivity index (χ4v) is 3.70. The topological polar surface area (TPSA) is 93.0 Å². The minimum Gasteiger partial charge on any atom is -0.497 e. The minimum absolute atomic E-state index is 0.367. The third-order valence-electron chi connectivity index (χ3n) is 5.52. The van der Waals surface area contributed by atoms with E-state index in [-0.39, 0.29) is 0 Å². The van der Waals surface area contributed by atoms with Crippen LogP contribution >= 0.6 is 0 Å². The molecule has 0 amide bonds. The van der Waals surface area contributed by atoms with Crippen LogP contribution in [0.4, 0.5) is 0 Å². The van der Waals surface area contributed by atoms with Crippen molar-refractivity contribution < 1.29 is 14.0 Å². The summed E-state index contributed by atoms with van der Waals surface area (Å²) >= 11 is 0. The highest BCUT2D eigenvalue weighted by Gasteiger charge is 2.30. The van der Waals surface area contributed by atoms with Crippen LogP contribution < -0.4 is 4.74 Å². The average molecular weight is 406 g/mol. The zero-order chi connectivity index (χ0) is 21.0. The van der Waals surface area contributed by atoms with Crippen molar-refractivity contribution in [1.29, 1.82) is 0 Å². The highest BCUT2D eigenvalue weighted by Crippen LogP contribution is 2.39. The van der Waals surface area contributed by atoms with Crippen LogP contribution in [0, 0.1) is 0 Å². The van der Waals surface area contributed by atoms with Crippen molar-refractivity contribution >= 4 is 0 Å². The number of imidazole rings is 1. The second kappa shape index (κ2) is 6.53. The molecule has 0 bridgehead atoms. The van der Waals surface area contributed by atoms with Crippen LogP contribution in [0.5, 0.6) is 5.75 Å². The molecule has 0 aliphatic carbocycles. The summed E-state index contributed by atoms with van der Waals surface area (Å²) < 4.78 is 20.4. The molecular formula is C21H22N6O3. The van der Waals surface area contributed by atoms with Crippen molar-refractivity contribution in [3.05, 3.63) is 47.8 Å². The summed E-state index contributed by atoms with van der Waals surface area (Å²) in [5.74, 6) is 1.62. The summed E-state index contributed by atoms with van der Waals surface area (Å²) in [6, 6.07) is 5.95. The Morgan fingerprint density at radius 2 is 2.00 bits per heavy atom. The Morgan fingerprint density at radius 3 is 2.77 bits per heavy atom. The van der Waals surface area contributed by atoms with Gasteiger partial charge in [-0.3, -0.25) is 4.68 Å². The zero-order valence-corrected chi connectivity index (χ0v) is 17.5. The first kappa shape index (κ1) is 18.6. The van der Waals surface area contributed by atoms with E-state index in [4.69, 9.17) is 19.1 Å². The second-order valence-corrected chi connectivity index (χ2v) is 7.78. The predicted octanol–water partition coefficient (Wildman–Crippen LogP) is 3.12. The maximum atomic E-state index is 5.56. The van der Waals surface area contributed by atoms with Gasteiger partial charge < -0.3 is 18.6 Å². The van der Waals surface area contributed by atoms with Crippen LogP contribution in [-0.4, -0.2) is 43.7 Å². The van der Waals surface area contributed by atoms with Gasteiger partial charge in [-0.25, -0.2) is 4.98 Å².